The maximum Gasteiger partial charge on any atom is 0.121 e. The van der Waals surface area contributed by atoms with Crippen molar-refractivity contribution >= 4 is 0 Å². The molecule has 2 atom stereocenters. The van der Waals surface area contributed by atoms with Crippen LogP contribution < -0.4 is 5.73 Å². The van der Waals surface area contributed by atoms with Crippen molar-refractivity contribution in [2.75, 3.05) is 0 Å². The summed E-state index contributed by atoms with van der Waals surface area (Å²) in [5.41, 5.74) is 8.65. The van der Waals surface area contributed by atoms with Gasteiger partial charge < -0.3 is 15.9 Å². The predicted molar refractivity (Wildman–Crippen MR) is 67.9 cm³/mol. The highest BCUT2D eigenvalue weighted by Gasteiger charge is 2.30. The minimum atomic E-state index is -0.466. The zero-order valence-electron chi connectivity index (χ0n) is 10.5. The molecule has 0 radical (unpaired) electrons. The molecule has 4 N–H and O–H groups in total. The Morgan fingerprint density at radius 1 is 1.24 bits per heavy atom. The molecule has 1 aliphatic carbocycles. The fourth-order valence-corrected chi connectivity index (χ4v) is 2.45. The van der Waals surface area contributed by atoms with Crippen LogP contribution in [-0.2, 0) is 0 Å². The molecule has 0 saturated heterocycles. The van der Waals surface area contributed by atoms with Gasteiger partial charge >= 0.3 is 0 Å². The van der Waals surface area contributed by atoms with Gasteiger partial charge in [-0.15, -0.1) is 0 Å². The Hall–Kier alpha value is -1.06. The average Bonchev–Trinajstić information content (AvgIpc) is 2.21. The summed E-state index contributed by atoms with van der Waals surface area (Å²) in [5, 5.41) is 19.9. The molecule has 0 amide bonds. The van der Waals surface area contributed by atoms with E-state index in [9.17, 15) is 10.2 Å². The molecule has 0 aromatic heterocycles. The molecule has 0 heterocycles. The molecule has 1 aromatic rings. The highest BCUT2D eigenvalue weighted by Crippen LogP contribution is 2.35. The summed E-state index contributed by atoms with van der Waals surface area (Å²) in [6.07, 6.45) is 2.88. The van der Waals surface area contributed by atoms with Gasteiger partial charge in [-0.2, -0.15) is 0 Å². The Balaban J connectivity index is 2.21. The number of aliphatic hydroxyl groups is 1. The molecular weight excluding hydrogens is 214 g/mol. The van der Waals surface area contributed by atoms with Crippen molar-refractivity contribution < 1.29 is 10.2 Å². The third kappa shape index (κ3) is 2.31. The molecule has 1 saturated carbocycles. The summed E-state index contributed by atoms with van der Waals surface area (Å²) >= 11 is 0. The molecule has 0 spiro atoms. The number of rotatable bonds is 3. The van der Waals surface area contributed by atoms with E-state index < -0.39 is 6.10 Å². The van der Waals surface area contributed by atoms with Crippen molar-refractivity contribution in [3.63, 3.8) is 0 Å². The molecule has 3 heteroatoms. The van der Waals surface area contributed by atoms with Crippen LogP contribution in [0.15, 0.2) is 12.1 Å². The van der Waals surface area contributed by atoms with Gasteiger partial charge in [-0.1, -0.05) is 18.6 Å². The second-order valence-electron chi connectivity index (χ2n) is 5.21. The number of hydrogen-bond acceptors (Lipinski definition) is 3. The first-order valence-corrected chi connectivity index (χ1v) is 6.24. The van der Waals surface area contributed by atoms with Crippen LogP contribution in [0.1, 0.15) is 42.0 Å². The Morgan fingerprint density at radius 3 is 2.18 bits per heavy atom. The Bertz CT molecular complexity index is 390. The Labute approximate surface area is 102 Å². The van der Waals surface area contributed by atoms with Crippen molar-refractivity contribution in [2.24, 2.45) is 11.7 Å². The Kier molecular flexibility index (Phi) is 3.40. The minimum Gasteiger partial charge on any atom is -0.507 e. The quantitative estimate of drug-likeness (QED) is 0.752. The van der Waals surface area contributed by atoms with Gasteiger partial charge in [0.2, 0.25) is 0 Å². The first-order valence-electron chi connectivity index (χ1n) is 6.24. The molecule has 2 rings (SSSR count). The Morgan fingerprint density at radius 2 is 1.76 bits per heavy atom. The van der Waals surface area contributed by atoms with E-state index in [4.69, 9.17) is 5.73 Å². The molecule has 3 nitrogen and oxygen atoms in total. The lowest BCUT2D eigenvalue weighted by atomic mass is 9.77. The number of phenols is 1. The van der Waals surface area contributed by atoms with E-state index in [2.05, 4.69) is 0 Å². The SMILES string of the molecule is Cc1cc([C@H](N)[C@H](O)C2CCC2)cc(C)c1O. The highest BCUT2D eigenvalue weighted by molar-refractivity contribution is 5.43. The van der Waals surface area contributed by atoms with Crippen LogP contribution in [0.5, 0.6) is 5.75 Å². The van der Waals surface area contributed by atoms with Crippen LogP contribution in [0.2, 0.25) is 0 Å². The van der Waals surface area contributed by atoms with Gasteiger partial charge in [0, 0.05) is 0 Å². The zero-order chi connectivity index (χ0) is 12.6. The van der Waals surface area contributed by atoms with Crippen molar-refractivity contribution in [2.45, 2.75) is 45.3 Å². The normalized spacial score (nSPS) is 19.8. The number of aromatic hydroxyl groups is 1. The van der Waals surface area contributed by atoms with Gasteiger partial charge in [0.05, 0.1) is 12.1 Å². The van der Waals surface area contributed by atoms with E-state index in [-0.39, 0.29) is 6.04 Å². The number of aryl methyl sites for hydroxylation is 2. The lowest BCUT2D eigenvalue weighted by Gasteiger charge is -2.34. The summed E-state index contributed by atoms with van der Waals surface area (Å²) in [7, 11) is 0. The smallest absolute Gasteiger partial charge is 0.121 e. The van der Waals surface area contributed by atoms with Gasteiger partial charge in [-0.25, -0.2) is 0 Å². The third-order valence-electron chi connectivity index (χ3n) is 3.90. The lowest BCUT2D eigenvalue weighted by molar-refractivity contribution is 0.0413. The number of nitrogens with two attached hydrogens (primary N) is 1. The summed E-state index contributed by atoms with van der Waals surface area (Å²) in [6, 6.07) is 3.39. The van der Waals surface area contributed by atoms with Gasteiger partial charge in [0.1, 0.15) is 5.75 Å². The molecule has 94 valence electrons. The summed E-state index contributed by atoms with van der Waals surface area (Å²) in [5.74, 6) is 0.665. The van der Waals surface area contributed by atoms with Crippen molar-refractivity contribution in [1.29, 1.82) is 0 Å². The number of hydrogen-bond donors (Lipinski definition) is 3. The van der Waals surface area contributed by atoms with Crippen LogP contribution >= 0.6 is 0 Å². The fourth-order valence-electron chi connectivity index (χ4n) is 2.45. The van der Waals surface area contributed by atoms with Crippen molar-refractivity contribution in [1.82, 2.24) is 0 Å². The van der Waals surface area contributed by atoms with Crippen LogP contribution in [0, 0.1) is 19.8 Å². The molecule has 1 fully saturated rings. The molecule has 1 aliphatic rings. The first kappa shape index (κ1) is 12.4. The number of aliphatic hydroxyl groups excluding tert-OH is 1. The zero-order valence-corrected chi connectivity index (χ0v) is 10.5. The maximum absolute atomic E-state index is 10.2. The second kappa shape index (κ2) is 4.67. The average molecular weight is 235 g/mol. The van der Waals surface area contributed by atoms with E-state index in [0.29, 0.717) is 11.7 Å². The van der Waals surface area contributed by atoms with E-state index >= 15 is 0 Å². The van der Waals surface area contributed by atoms with Gasteiger partial charge in [-0.3, -0.25) is 0 Å². The molecule has 1 aromatic carbocycles. The van der Waals surface area contributed by atoms with E-state index in [1.165, 1.54) is 6.42 Å². The maximum atomic E-state index is 10.2. The van der Waals surface area contributed by atoms with E-state index in [1.54, 1.807) is 0 Å². The van der Waals surface area contributed by atoms with Crippen molar-refractivity contribution in [3.05, 3.63) is 28.8 Å². The van der Waals surface area contributed by atoms with Gasteiger partial charge in [0.15, 0.2) is 0 Å². The third-order valence-corrected chi connectivity index (χ3v) is 3.90. The summed E-state index contributed by atoms with van der Waals surface area (Å²) < 4.78 is 0. The minimum absolute atomic E-state index is 0.319. The predicted octanol–water partition coefficient (Wildman–Crippen LogP) is 2.17. The van der Waals surface area contributed by atoms with Crippen LogP contribution in [0.4, 0.5) is 0 Å². The lowest BCUT2D eigenvalue weighted by Crippen LogP contribution is -2.36. The largest absolute Gasteiger partial charge is 0.507 e. The van der Waals surface area contributed by atoms with E-state index in [1.807, 2.05) is 26.0 Å². The monoisotopic (exact) mass is 235 g/mol. The van der Waals surface area contributed by atoms with Crippen molar-refractivity contribution in [3.8, 4) is 5.75 Å². The van der Waals surface area contributed by atoms with Crippen LogP contribution in [-0.4, -0.2) is 16.3 Å². The number of phenolic OH excluding ortho intramolecular Hbond substituents is 1. The molecule has 0 unspecified atom stereocenters. The second-order valence-corrected chi connectivity index (χ2v) is 5.21. The molecule has 0 aliphatic heterocycles. The molecule has 0 bridgehead atoms. The van der Waals surface area contributed by atoms with Crippen LogP contribution in [0.25, 0.3) is 0 Å². The topological polar surface area (TPSA) is 66.5 Å². The molecule has 17 heavy (non-hydrogen) atoms. The standard InChI is InChI=1S/C14H21NO2/c1-8-6-11(7-9(2)13(8)16)12(15)14(17)10-4-3-5-10/h6-7,10,12,14,16-17H,3-5,15H2,1-2H3/t12-,14+/m0/s1. The van der Waals surface area contributed by atoms with Gasteiger partial charge in [0.25, 0.3) is 0 Å². The highest BCUT2D eigenvalue weighted by atomic mass is 16.3. The van der Waals surface area contributed by atoms with Crippen LogP contribution in [0.3, 0.4) is 0 Å². The van der Waals surface area contributed by atoms with Gasteiger partial charge in [-0.05, 0) is 49.3 Å². The summed E-state index contributed by atoms with van der Waals surface area (Å²) in [6.45, 7) is 3.71. The first-order chi connectivity index (χ1) is 8.00. The fraction of sp³-hybridized carbons (Fsp3) is 0.571. The number of benzene rings is 1. The summed E-state index contributed by atoms with van der Waals surface area (Å²) in [4.78, 5) is 0. The van der Waals surface area contributed by atoms with E-state index in [0.717, 1.165) is 29.5 Å². The molecular formula is C14H21NO2.